The molecular formula is C15H13N3O3. The van der Waals surface area contributed by atoms with Crippen LogP contribution in [0.15, 0.2) is 36.5 Å². The Morgan fingerprint density at radius 2 is 2.00 bits per heavy atom. The molecule has 1 aromatic carbocycles. The fraction of sp³-hybridized carbons (Fsp3) is 0.200. The van der Waals surface area contributed by atoms with Gasteiger partial charge in [0.1, 0.15) is 11.7 Å². The predicted molar refractivity (Wildman–Crippen MR) is 75.4 cm³/mol. The first-order valence-corrected chi connectivity index (χ1v) is 6.63. The molecule has 1 aromatic heterocycles. The number of aromatic nitrogens is 1. The van der Waals surface area contributed by atoms with Crippen LogP contribution < -0.4 is 10.6 Å². The smallest absolute Gasteiger partial charge is 0.270 e. The Morgan fingerprint density at radius 3 is 2.76 bits per heavy atom. The van der Waals surface area contributed by atoms with Crippen LogP contribution in [0.1, 0.15) is 23.3 Å². The molecule has 1 atom stereocenters. The molecule has 0 saturated carbocycles. The number of piperidine rings is 1. The predicted octanol–water partition coefficient (Wildman–Crippen LogP) is 0.770. The molecule has 3 rings (SSSR count). The van der Waals surface area contributed by atoms with Gasteiger partial charge >= 0.3 is 0 Å². The van der Waals surface area contributed by atoms with Crippen LogP contribution in [0.25, 0.3) is 10.8 Å². The highest BCUT2D eigenvalue weighted by molar-refractivity contribution is 6.04. The summed E-state index contributed by atoms with van der Waals surface area (Å²) in [4.78, 5) is 38.9. The molecule has 0 spiro atoms. The van der Waals surface area contributed by atoms with Gasteiger partial charge in [-0.1, -0.05) is 24.3 Å². The van der Waals surface area contributed by atoms with Crippen LogP contribution in [0.4, 0.5) is 0 Å². The Labute approximate surface area is 120 Å². The normalized spacial score (nSPS) is 18.4. The van der Waals surface area contributed by atoms with Gasteiger partial charge in [-0.15, -0.1) is 0 Å². The molecule has 2 N–H and O–H groups in total. The van der Waals surface area contributed by atoms with Crippen molar-refractivity contribution in [3.8, 4) is 0 Å². The minimum atomic E-state index is -0.691. The maximum absolute atomic E-state index is 12.1. The van der Waals surface area contributed by atoms with E-state index in [-0.39, 0.29) is 18.0 Å². The molecule has 1 aliphatic heterocycles. The fourth-order valence-electron chi connectivity index (χ4n) is 2.27. The number of carbonyl (C=O) groups excluding carboxylic acids is 3. The van der Waals surface area contributed by atoms with Crippen molar-refractivity contribution in [2.24, 2.45) is 0 Å². The second kappa shape index (κ2) is 5.32. The number of hydrogen-bond donors (Lipinski definition) is 2. The highest BCUT2D eigenvalue weighted by atomic mass is 16.2. The van der Waals surface area contributed by atoms with Crippen molar-refractivity contribution >= 4 is 28.5 Å². The van der Waals surface area contributed by atoms with Gasteiger partial charge in [-0.3, -0.25) is 24.7 Å². The van der Waals surface area contributed by atoms with E-state index in [0.717, 1.165) is 10.8 Å². The maximum Gasteiger partial charge on any atom is 0.270 e. The van der Waals surface area contributed by atoms with E-state index in [0.29, 0.717) is 6.42 Å². The Bertz CT molecular complexity index is 742. The minimum absolute atomic E-state index is 0.224. The van der Waals surface area contributed by atoms with Gasteiger partial charge in [0.2, 0.25) is 11.8 Å². The molecule has 6 heteroatoms. The Hall–Kier alpha value is -2.76. The van der Waals surface area contributed by atoms with Crippen molar-refractivity contribution in [2.45, 2.75) is 18.9 Å². The molecule has 2 aromatic rings. The summed E-state index contributed by atoms with van der Waals surface area (Å²) in [7, 11) is 0. The van der Waals surface area contributed by atoms with Gasteiger partial charge in [-0.2, -0.15) is 0 Å². The molecule has 3 amide bonds. The molecule has 106 valence electrons. The summed E-state index contributed by atoms with van der Waals surface area (Å²) in [6, 6.07) is 8.56. The third kappa shape index (κ3) is 2.74. The SMILES string of the molecule is O=C1CCC(NC(=O)c2cc3ccccc3cn2)C(=O)N1. The summed E-state index contributed by atoms with van der Waals surface area (Å²) >= 11 is 0. The Kier molecular flexibility index (Phi) is 3.35. The first-order chi connectivity index (χ1) is 10.1. The number of hydrogen-bond acceptors (Lipinski definition) is 4. The number of nitrogens with zero attached hydrogens (tertiary/aromatic N) is 1. The summed E-state index contributed by atoms with van der Waals surface area (Å²) in [6.45, 7) is 0. The largest absolute Gasteiger partial charge is 0.339 e. The zero-order valence-electron chi connectivity index (χ0n) is 11.1. The average molecular weight is 283 g/mol. The van der Waals surface area contributed by atoms with Gasteiger partial charge in [-0.05, 0) is 17.9 Å². The minimum Gasteiger partial charge on any atom is -0.339 e. The second-order valence-corrected chi connectivity index (χ2v) is 4.89. The van der Waals surface area contributed by atoms with E-state index in [9.17, 15) is 14.4 Å². The van der Waals surface area contributed by atoms with Crippen molar-refractivity contribution in [3.63, 3.8) is 0 Å². The first kappa shape index (κ1) is 13.2. The first-order valence-electron chi connectivity index (χ1n) is 6.63. The molecule has 21 heavy (non-hydrogen) atoms. The van der Waals surface area contributed by atoms with Crippen LogP contribution in [0.3, 0.4) is 0 Å². The monoisotopic (exact) mass is 283 g/mol. The van der Waals surface area contributed by atoms with Crippen molar-refractivity contribution in [2.75, 3.05) is 0 Å². The highest BCUT2D eigenvalue weighted by Gasteiger charge is 2.28. The van der Waals surface area contributed by atoms with Crippen molar-refractivity contribution < 1.29 is 14.4 Å². The van der Waals surface area contributed by atoms with Crippen LogP contribution in [-0.2, 0) is 9.59 Å². The summed E-state index contributed by atoms with van der Waals surface area (Å²) < 4.78 is 0. The number of nitrogens with one attached hydrogen (secondary N) is 2. The Balaban J connectivity index is 1.77. The molecule has 2 heterocycles. The van der Waals surface area contributed by atoms with Gasteiger partial charge in [0, 0.05) is 18.0 Å². The summed E-state index contributed by atoms with van der Waals surface area (Å²) in [5, 5.41) is 6.65. The summed E-state index contributed by atoms with van der Waals surface area (Å²) in [6.07, 6.45) is 2.15. The summed E-state index contributed by atoms with van der Waals surface area (Å²) in [5.74, 6) is -1.20. The van der Waals surface area contributed by atoms with Gasteiger partial charge < -0.3 is 5.32 Å². The lowest BCUT2D eigenvalue weighted by Crippen LogP contribution is -2.52. The quantitative estimate of drug-likeness (QED) is 0.797. The molecule has 1 unspecified atom stereocenters. The molecular weight excluding hydrogens is 270 g/mol. The lowest BCUT2D eigenvalue weighted by atomic mass is 10.1. The topological polar surface area (TPSA) is 88.2 Å². The van der Waals surface area contributed by atoms with Gasteiger partial charge in [0.25, 0.3) is 5.91 Å². The zero-order valence-corrected chi connectivity index (χ0v) is 11.1. The van der Waals surface area contributed by atoms with Crippen LogP contribution in [0.5, 0.6) is 0 Å². The number of carbonyl (C=O) groups is 3. The third-order valence-electron chi connectivity index (χ3n) is 3.41. The van der Waals surface area contributed by atoms with Crippen molar-refractivity contribution in [1.29, 1.82) is 0 Å². The van der Waals surface area contributed by atoms with Gasteiger partial charge in [-0.25, -0.2) is 0 Å². The van der Waals surface area contributed by atoms with Gasteiger partial charge in [0.05, 0.1) is 0 Å². The van der Waals surface area contributed by atoms with E-state index < -0.39 is 17.9 Å². The third-order valence-corrected chi connectivity index (χ3v) is 3.41. The van der Waals surface area contributed by atoms with E-state index >= 15 is 0 Å². The number of imide groups is 1. The van der Waals surface area contributed by atoms with E-state index in [4.69, 9.17) is 0 Å². The number of amides is 3. The van der Waals surface area contributed by atoms with E-state index in [2.05, 4.69) is 15.6 Å². The molecule has 6 nitrogen and oxygen atoms in total. The van der Waals surface area contributed by atoms with Crippen molar-refractivity contribution in [1.82, 2.24) is 15.6 Å². The maximum atomic E-state index is 12.1. The zero-order chi connectivity index (χ0) is 14.8. The van der Waals surface area contributed by atoms with Crippen LogP contribution in [0.2, 0.25) is 0 Å². The number of rotatable bonds is 2. The second-order valence-electron chi connectivity index (χ2n) is 4.89. The molecule has 1 fully saturated rings. The number of pyridine rings is 1. The molecule has 0 aliphatic carbocycles. The van der Waals surface area contributed by atoms with Gasteiger partial charge in [0.15, 0.2) is 0 Å². The van der Waals surface area contributed by atoms with Crippen LogP contribution in [0, 0.1) is 0 Å². The molecule has 1 aliphatic rings. The van der Waals surface area contributed by atoms with Crippen molar-refractivity contribution in [3.05, 3.63) is 42.2 Å². The lowest BCUT2D eigenvalue weighted by Gasteiger charge is -2.21. The summed E-state index contributed by atoms with van der Waals surface area (Å²) in [5.41, 5.74) is 0.249. The molecule has 0 radical (unpaired) electrons. The Morgan fingerprint density at radius 1 is 1.24 bits per heavy atom. The van der Waals surface area contributed by atoms with E-state index in [1.54, 1.807) is 12.3 Å². The van der Waals surface area contributed by atoms with Crippen LogP contribution >= 0.6 is 0 Å². The number of fused-ring (bicyclic) bond motifs is 1. The van der Waals surface area contributed by atoms with Crippen LogP contribution in [-0.4, -0.2) is 28.7 Å². The molecule has 1 saturated heterocycles. The fourth-order valence-corrected chi connectivity index (χ4v) is 2.27. The highest BCUT2D eigenvalue weighted by Crippen LogP contribution is 2.14. The van der Waals surface area contributed by atoms with E-state index in [1.165, 1.54) is 0 Å². The lowest BCUT2D eigenvalue weighted by molar-refractivity contribution is -0.134. The number of benzene rings is 1. The molecule has 0 bridgehead atoms. The standard InChI is InChI=1S/C15H13N3O3/c19-13-6-5-11(14(20)18-13)17-15(21)12-7-9-3-1-2-4-10(9)8-16-12/h1-4,7-8,11H,5-6H2,(H,17,21)(H,18,19,20). The average Bonchev–Trinajstić information content (AvgIpc) is 2.49. The van der Waals surface area contributed by atoms with E-state index in [1.807, 2.05) is 24.3 Å².